The Labute approximate surface area is 148 Å². The molecule has 1 aromatic heterocycles. The van der Waals surface area contributed by atoms with Crippen LogP contribution in [0.4, 0.5) is 29.3 Å². The van der Waals surface area contributed by atoms with Crippen LogP contribution in [0.25, 0.3) is 0 Å². The molecule has 0 spiro atoms. The quantitative estimate of drug-likeness (QED) is 0.647. The first kappa shape index (κ1) is 19.9. The Hall–Kier alpha value is -2.42. The van der Waals surface area contributed by atoms with Gasteiger partial charge in [0.15, 0.2) is 5.69 Å². The Kier molecular flexibility index (Phi) is 6.36. The van der Waals surface area contributed by atoms with Crippen LogP contribution >= 0.6 is 0 Å². The van der Waals surface area contributed by atoms with Crippen LogP contribution in [-0.2, 0) is 12.7 Å². The van der Waals surface area contributed by atoms with Crippen molar-refractivity contribution in [3.8, 4) is 0 Å². The van der Waals surface area contributed by atoms with Gasteiger partial charge < -0.3 is 15.7 Å². The number of halogens is 4. The zero-order valence-electron chi connectivity index (χ0n) is 14.3. The summed E-state index contributed by atoms with van der Waals surface area (Å²) in [5.74, 6) is -0.774. The third-order valence-electron chi connectivity index (χ3n) is 3.70. The second-order valence-electron chi connectivity index (χ2n) is 6.12. The molecule has 0 amide bonds. The summed E-state index contributed by atoms with van der Waals surface area (Å²) in [5.41, 5.74) is -0.556. The Balaban J connectivity index is 2.25. The standard InChI is InChI=1S/C17H20F4N4O/c1-10(2)13(9-26)23-16-24-14(17(19,20)21)7-15(25-16)22-8-11-4-3-5-12(18)6-11/h3-7,10,13,26H,8-9H2,1-2H3,(H2,22,23,24,25)/t13-/m0/s1. The second kappa shape index (κ2) is 8.31. The van der Waals surface area contributed by atoms with E-state index in [1.165, 1.54) is 18.2 Å². The molecule has 2 aromatic rings. The lowest BCUT2D eigenvalue weighted by Gasteiger charge is -2.21. The zero-order chi connectivity index (χ0) is 19.3. The minimum Gasteiger partial charge on any atom is -0.394 e. The summed E-state index contributed by atoms with van der Waals surface area (Å²) < 4.78 is 52.5. The van der Waals surface area contributed by atoms with Gasteiger partial charge in [0, 0.05) is 12.6 Å². The van der Waals surface area contributed by atoms with Gasteiger partial charge in [-0.2, -0.15) is 18.2 Å². The third kappa shape index (κ3) is 5.55. The van der Waals surface area contributed by atoms with Gasteiger partial charge in [-0.3, -0.25) is 0 Å². The van der Waals surface area contributed by atoms with Gasteiger partial charge in [-0.15, -0.1) is 0 Å². The predicted molar refractivity (Wildman–Crippen MR) is 90.1 cm³/mol. The molecule has 0 aliphatic heterocycles. The van der Waals surface area contributed by atoms with E-state index in [0.717, 1.165) is 6.07 Å². The van der Waals surface area contributed by atoms with E-state index in [9.17, 15) is 22.7 Å². The maximum Gasteiger partial charge on any atom is 0.433 e. The molecule has 1 atom stereocenters. The van der Waals surface area contributed by atoms with Crippen molar-refractivity contribution in [3.63, 3.8) is 0 Å². The maximum atomic E-state index is 13.2. The number of benzene rings is 1. The fraction of sp³-hybridized carbons (Fsp3) is 0.412. The van der Waals surface area contributed by atoms with E-state index in [1.54, 1.807) is 6.07 Å². The van der Waals surface area contributed by atoms with Crippen LogP contribution < -0.4 is 10.6 Å². The molecule has 0 bridgehead atoms. The van der Waals surface area contributed by atoms with Crippen LogP contribution in [0.5, 0.6) is 0 Å². The highest BCUT2D eigenvalue weighted by atomic mass is 19.4. The molecule has 0 radical (unpaired) electrons. The number of aliphatic hydroxyl groups is 1. The first-order valence-electron chi connectivity index (χ1n) is 8.01. The van der Waals surface area contributed by atoms with Gasteiger partial charge in [-0.1, -0.05) is 26.0 Å². The molecule has 1 heterocycles. The second-order valence-corrected chi connectivity index (χ2v) is 6.12. The summed E-state index contributed by atoms with van der Waals surface area (Å²) in [7, 11) is 0. The largest absolute Gasteiger partial charge is 0.433 e. The number of rotatable bonds is 7. The smallest absolute Gasteiger partial charge is 0.394 e. The summed E-state index contributed by atoms with van der Waals surface area (Å²) in [4.78, 5) is 7.50. The number of anilines is 2. The summed E-state index contributed by atoms with van der Waals surface area (Å²) in [6.07, 6.45) is -4.65. The lowest BCUT2D eigenvalue weighted by Crippen LogP contribution is -2.30. The summed E-state index contributed by atoms with van der Waals surface area (Å²) in [6, 6.07) is 6.00. The first-order chi connectivity index (χ1) is 12.2. The summed E-state index contributed by atoms with van der Waals surface area (Å²) in [6.45, 7) is 3.44. The Morgan fingerprint density at radius 3 is 2.46 bits per heavy atom. The average Bonchev–Trinajstić information content (AvgIpc) is 2.57. The normalized spacial score (nSPS) is 12.9. The van der Waals surface area contributed by atoms with Crippen LogP contribution in [0.15, 0.2) is 30.3 Å². The minimum absolute atomic E-state index is 0.0400. The van der Waals surface area contributed by atoms with Crippen LogP contribution in [0.1, 0.15) is 25.1 Å². The molecular weight excluding hydrogens is 352 g/mol. The number of alkyl halides is 3. The Morgan fingerprint density at radius 1 is 1.15 bits per heavy atom. The van der Waals surface area contributed by atoms with Crippen molar-refractivity contribution in [2.45, 2.75) is 32.6 Å². The topological polar surface area (TPSA) is 70.1 Å². The maximum absolute atomic E-state index is 13.2. The van der Waals surface area contributed by atoms with Crippen LogP contribution in [0.3, 0.4) is 0 Å². The highest BCUT2D eigenvalue weighted by molar-refractivity contribution is 5.44. The van der Waals surface area contributed by atoms with E-state index in [2.05, 4.69) is 20.6 Å². The molecule has 0 unspecified atom stereocenters. The van der Waals surface area contributed by atoms with Crippen molar-refractivity contribution in [2.75, 3.05) is 17.2 Å². The molecule has 5 nitrogen and oxygen atoms in total. The van der Waals surface area contributed by atoms with E-state index in [4.69, 9.17) is 0 Å². The molecule has 26 heavy (non-hydrogen) atoms. The molecule has 1 aromatic carbocycles. The van der Waals surface area contributed by atoms with Crippen LogP contribution in [0.2, 0.25) is 0 Å². The van der Waals surface area contributed by atoms with Gasteiger partial charge in [0.25, 0.3) is 0 Å². The SMILES string of the molecule is CC(C)[C@H](CO)Nc1nc(NCc2cccc(F)c2)cc(C(F)(F)F)n1. The van der Waals surface area contributed by atoms with Gasteiger partial charge in [-0.25, -0.2) is 9.37 Å². The van der Waals surface area contributed by atoms with Crippen molar-refractivity contribution in [1.29, 1.82) is 0 Å². The predicted octanol–water partition coefficient (Wildman–Crippen LogP) is 3.68. The first-order valence-corrected chi connectivity index (χ1v) is 8.01. The van der Waals surface area contributed by atoms with E-state index in [1.807, 2.05) is 13.8 Å². The molecular formula is C17H20F4N4O. The summed E-state index contributed by atoms with van der Waals surface area (Å²) >= 11 is 0. The number of aromatic nitrogens is 2. The molecule has 0 aliphatic rings. The fourth-order valence-electron chi connectivity index (χ4n) is 2.18. The zero-order valence-corrected chi connectivity index (χ0v) is 14.3. The number of nitrogens with one attached hydrogen (secondary N) is 2. The van der Waals surface area contributed by atoms with E-state index in [0.29, 0.717) is 5.56 Å². The number of aliphatic hydroxyl groups excluding tert-OH is 1. The van der Waals surface area contributed by atoms with Crippen molar-refractivity contribution in [1.82, 2.24) is 9.97 Å². The van der Waals surface area contributed by atoms with E-state index in [-0.39, 0.29) is 30.8 Å². The lowest BCUT2D eigenvalue weighted by atomic mass is 10.1. The van der Waals surface area contributed by atoms with Crippen molar-refractivity contribution in [2.24, 2.45) is 5.92 Å². The van der Waals surface area contributed by atoms with Crippen LogP contribution in [0, 0.1) is 11.7 Å². The highest BCUT2D eigenvalue weighted by Gasteiger charge is 2.34. The summed E-state index contributed by atoms with van der Waals surface area (Å²) in [5, 5.41) is 14.8. The Morgan fingerprint density at radius 2 is 1.88 bits per heavy atom. The molecule has 0 saturated heterocycles. The number of nitrogens with zero attached hydrogens (tertiary/aromatic N) is 2. The molecule has 9 heteroatoms. The Bertz CT molecular complexity index is 737. The van der Waals surface area contributed by atoms with Crippen molar-refractivity contribution >= 4 is 11.8 Å². The van der Waals surface area contributed by atoms with Crippen molar-refractivity contribution < 1.29 is 22.7 Å². The fourth-order valence-corrected chi connectivity index (χ4v) is 2.18. The van der Waals surface area contributed by atoms with Gasteiger partial charge in [0.1, 0.15) is 11.6 Å². The monoisotopic (exact) mass is 372 g/mol. The lowest BCUT2D eigenvalue weighted by molar-refractivity contribution is -0.141. The van der Waals surface area contributed by atoms with Gasteiger partial charge in [-0.05, 0) is 23.6 Å². The average molecular weight is 372 g/mol. The molecule has 3 N–H and O–H groups in total. The van der Waals surface area contributed by atoms with Gasteiger partial charge >= 0.3 is 6.18 Å². The van der Waals surface area contributed by atoms with E-state index < -0.39 is 23.7 Å². The molecule has 0 aliphatic carbocycles. The molecule has 0 fully saturated rings. The third-order valence-corrected chi connectivity index (χ3v) is 3.70. The van der Waals surface area contributed by atoms with Crippen LogP contribution in [-0.4, -0.2) is 27.7 Å². The molecule has 0 saturated carbocycles. The van der Waals surface area contributed by atoms with Gasteiger partial charge in [0.2, 0.25) is 5.95 Å². The van der Waals surface area contributed by atoms with E-state index >= 15 is 0 Å². The molecule has 2 rings (SSSR count). The highest BCUT2D eigenvalue weighted by Crippen LogP contribution is 2.30. The van der Waals surface area contributed by atoms with Gasteiger partial charge in [0.05, 0.1) is 12.6 Å². The number of hydrogen-bond donors (Lipinski definition) is 3. The van der Waals surface area contributed by atoms with Crippen molar-refractivity contribution in [3.05, 3.63) is 47.4 Å². The number of hydrogen-bond acceptors (Lipinski definition) is 5. The minimum atomic E-state index is -4.65. The molecule has 142 valence electrons.